The fourth-order valence-corrected chi connectivity index (χ4v) is 3.13. The van der Waals surface area contributed by atoms with E-state index in [1.54, 1.807) is 13.2 Å². The molecule has 0 unspecified atom stereocenters. The molecule has 146 valence electrons. The van der Waals surface area contributed by atoms with E-state index < -0.39 is 0 Å². The van der Waals surface area contributed by atoms with E-state index in [1.165, 1.54) is 5.56 Å². The third kappa shape index (κ3) is 5.20. The largest absolute Gasteiger partial charge is 0.494 e. The maximum Gasteiger partial charge on any atom is 0.131 e. The number of halogens is 1. The lowest BCUT2D eigenvalue weighted by Crippen LogP contribution is -1.99. The molecule has 0 amide bonds. The molecule has 0 heterocycles. The van der Waals surface area contributed by atoms with E-state index in [0.717, 1.165) is 48.3 Å². The molecule has 3 aromatic rings. The van der Waals surface area contributed by atoms with Crippen LogP contribution in [0.5, 0.6) is 5.75 Å². The first kappa shape index (κ1) is 20.1. The van der Waals surface area contributed by atoms with Gasteiger partial charge in [-0.1, -0.05) is 55.5 Å². The van der Waals surface area contributed by atoms with Crippen molar-refractivity contribution in [1.82, 2.24) is 0 Å². The third-order valence-electron chi connectivity index (χ3n) is 4.84. The summed E-state index contributed by atoms with van der Waals surface area (Å²) in [5, 5.41) is 0. The van der Waals surface area contributed by atoms with E-state index in [9.17, 15) is 4.39 Å². The SMILES string of the molecule is CCc1ccc(-c2ccc(-c3ccc(OCCCCOC)cc3)cc2F)cc1. The topological polar surface area (TPSA) is 18.5 Å². The van der Waals surface area contributed by atoms with Crippen molar-refractivity contribution < 1.29 is 13.9 Å². The highest BCUT2D eigenvalue weighted by atomic mass is 19.1. The zero-order valence-electron chi connectivity index (χ0n) is 16.6. The molecule has 0 spiro atoms. The van der Waals surface area contributed by atoms with Crippen molar-refractivity contribution in [1.29, 1.82) is 0 Å². The van der Waals surface area contributed by atoms with Crippen LogP contribution in [-0.2, 0) is 11.2 Å². The summed E-state index contributed by atoms with van der Waals surface area (Å²) in [7, 11) is 1.71. The molecule has 0 bridgehead atoms. The van der Waals surface area contributed by atoms with Crippen molar-refractivity contribution in [3.63, 3.8) is 0 Å². The monoisotopic (exact) mass is 378 g/mol. The maximum atomic E-state index is 14.7. The van der Waals surface area contributed by atoms with Crippen LogP contribution >= 0.6 is 0 Å². The summed E-state index contributed by atoms with van der Waals surface area (Å²) in [5.41, 5.74) is 4.61. The molecule has 0 saturated heterocycles. The lowest BCUT2D eigenvalue weighted by molar-refractivity contribution is 0.184. The quantitative estimate of drug-likeness (QED) is 0.394. The van der Waals surface area contributed by atoms with Crippen LogP contribution in [0.15, 0.2) is 66.7 Å². The van der Waals surface area contributed by atoms with Crippen LogP contribution < -0.4 is 4.74 Å². The predicted octanol–water partition coefficient (Wildman–Crippen LogP) is 6.53. The normalized spacial score (nSPS) is 10.8. The Balaban J connectivity index is 1.67. The van der Waals surface area contributed by atoms with Crippen molar-refractivity contribution >= 4 is 0 Å². The second kappa shape index (κ2) is 10.0. The highest BCUT2D eigenvalue weighted by molar-refractivity contribution is 5.71. The minimum atomic E-state index is -0.208. The Kier molecular flexibility index (Phi) is 7.21. The van der Waals surface area contributed by atoms with Gasteiger partial charge in [-0.05, 0) is 59.7 Å². The molecule has 0 aliphatic heterocycles. The third-order valence-corrected chi connectivity index (χ3v) is 4.84. The van der Waals surface area contributed by atoms with Crippen LogP contribution in [0.25, 0.3) is 22.3 Å². The standard InChI is InChI=1S/C25H27FO2/c1-3-19-6-8-21(9-7-19)24-15-12-22(18-25(24)26)20-10-13-23(14-11-20)28-17-5-4-16-27-2/h6-15,18H,3-5,16-17H2,1-2H3. The van der Waals surface area contributed by atoms with Crippen molar-refractivity contribution in [2.24, 2.45) is 0 Å². The highest BCUT2D eigenvalue weighted by Gasteiger charge is 2.08. The summed E-state index contributed by atoms with van der Waals surface area (Å²) in [5.74, 6) is 0.620. The molecule has 3 rings (SSSR count). The Morgan fingerprint density at radius 3 is 2.04 bits per heavy atom. The van der Waals surface area contributed by atoms with Gasteiger partial charge in [0, 0.05) is 19.3 Å². The highest BCUT2D eigenvalue weighted by Crippen LogP contribution is 2.29. The average molecular weight is 378 g/mol. The zero-order valence-corrected chi connectivity index (χ0v) is 16.6. The van der Waals surface area contributed by atoms with E-state index in [1.807, 2.05) is 48.5 Å². The molecule has 0 saturated carbocycles. The maximum absolute atomic E-state index is 14.7. The van der Waals surface area contributed by atoms with E-state index >= 15 is 0 Å². The summed E-state index contributed by atoms with van der Waals surface area (Å²) in [4.78, 5) is 0. The molecule has 0 N–H and O–H groups in total. The number of hydrogen-bond donors (Lipinski definition) is 0. The molecule has 0 aliphatic carbocycles. The molecular formula is C25H27FO2. The average Bonchev–Trinajstić information content (AvgIpc) is 2.74. The van der Waals surface area contributed by atoms with Crippen LogP contribution in [0.1, 0.15) is 25.3 Å². The van der Waals surface area contributed by atoms with Crippen molar-refractivity contribution in [3.05, 3.63) is 78.1 Å². The first-order valence-electron chi connectivity index (χ1n) is 9.82. The Bertz CT molecular complexity index is 870. The van der Waals surface area contributed by atoms with Crippen molar-refractivity contribution in [2.45, 2.75) is 26.2 Å². The number of ether oxygens (including phenoxy) is 2. The van der Waals surface area contributed by atoms with Crippen LogP contribution in [-0.4, -0.2) is 20.3 Å². The van der Waals surface area contributed by atoms with Gasteiger partial charge in [-0.3, -0.25) is 0 Å². The number of aryl methyl sites for hydroxylation is 1. The van der Waals surface area contributed by atoms with Gasteiger partial charge in [0.25, 0.3) is 0 Å². The van der Waals surface area contributed by atoms with Crippen molar-refractivity contribution in [2.75, 3.05) is 20.3 Å². The van der Waals surface area contributed by atoms with E-state index in [0.29, 0.717) is 12.2 Å². The summed E-state index contributed by atoms with van der Waals surface area (Å²) in [6.45, 7) is 3.54. The van der Waals surface area contributed by atoms with E-state index in [2.05, 4.69) is 19.1 Å². The Morgan fingerprint density at radius 2 is 1.39 bits per heavy atom. The van der Waals surface area contributed by atoms with Gasteiger partial charge >= 0.3 is 0 Å². The minimum absolute atomic E-state index is 0.208. The van der Waals surface area contributed by atoms with E-state index in [-0.39, 0.29) is 5.82 Å². The molecule has 0 radical (unpaired) electrons. The number of benzene rings is 3. The molecule has 2 nitrogen and oxygen atoms in total. The molecule has 3 heteroatoms. The molecule has 0 aliphatic rings. The molecule has 0 aromatic heterocycles. The Hall–Kier alpha value is -2.65. The van der Waals surface area contributed by atoms with Gasteiger partial charge in [-0.25, -0.2) is 4.39 Å². The van der Waals surface area contributed by atoms with E-state index in [4.69, 9.17) is 9.47 Å². The van der Waals surface area contributed by atoms with Gasteiger partial charge in [0.05, 0.1) is 6.61 Å². The molecule has 0 fully saturated rings. The van der Waals surface area contributed by atoms with Gasteiger partial charge < -0.3 is 9.47 Å². The van der Waals surface area contributed by atoms with Gasteiger partial charge in [0.1, 0.15) is 11.6 Å². The minimum Gasteiger partial charge on any atom is -0.494 e. The fraction of sp³-hybridized carbons (Fsp3) is 0.280. The summed E-state index contributed by atoms with van der Waals surface area (Å²) in [6, 6.07) is 21.3. The fourth-order valence-electron chi connectivity index (χ4n) is 3.13. The van der Waals surface area contributed by atoms with Crippen LogP contribution in [0.2, 0.25) is 0 Å². The Morgan fingerprint density at radius 1 is 0.750 bits per heavy atom. The lowest BCUT2D eigenvalue weighted by atomic mass is 9.98. The summed E-state index contributed by atoms with van der Waals surface area (Å²) in [6.07, 6.45) is 2.93. The van der Waals surface area contributed by atoms with Gasteiger partial charge in [-0.2, -0.15) is 0 Å². The van der Waals surface area contributed by atoms with Crippen LogP contribution in [0.3, 0.4) is 0 Å². The lowest BCUT2D eigenvalue weighted by Gasteiger charge is -2.09. The summed E-state index contributed by atoms with van der Waals surface area (Å²) >= 11 is 0. The number of rotatable bonds is 9. The Labute approximate surface area is 166 Å². The molecular weight excluding hydrogens is 351 g/mol. The number of hydrogen-bond acceptors (Lipinski definition) is 2. The van der Waals surface area contributed by atoms with Crippen LogP contribution in [0, 0.1) is 5.82 Å². The zero-order chi connectivity index (χ0) is 19.8. The second-order valence-electron chi connectivity index (χ2n) is 6.82. The van der Waals surface area contributed by atoms with Crippen LogP contribution in [0.4, 0.5) is 4.39 Å². The first-order valence-corrected chi connectivity index (χ1v) is 9.82. The number of methoxy groups -OCH3 is 1. The molecule has 0 atom stereocenters. The van der Waals surface area contributed by atoms with Gasteiger partial charge in [-0.15, -0.1) is 0 Å². The van der Waals surface area contributed by atoms with Gasteiger partial charge in [0.15, 0.2) is 0 Å². The van der Waals surface area contributed by atoms with Gasteiger partial charge in [0.2, 0.25) is 0 Å². The first-order chi connectivity index (χ1) is 13.7. The summed E-state index contributed by atoms with van der Waals surface area (Å²) < 4.78 is 25.5. The predicted molar refractivity (Wildman–Crippen MR) is 113 cm³/mol. The molecule has 3 aromatic carbocycles. The number of unbranched alkanes of at least 4 members (excludes halogenated alkanes) is 1. The second-order valence-corrected chi connectivity index (χ2v) is 6.82. The van der Waals surface area contributed by atoms with Crippen molar-refractivity contribution in [3.8, 4) is 28.0 Å². The smallest absolute Gasteiger partial charge is 0.131 e. The molecule has 28 heavy (non-hydrogen) atoms.